The predicted octanol–water partition coefficient (Wildman–Crippen LogP) is 4.02. The van der Waals surface area contributed by atoms with Gasteiger partial charge in [-0.15, -0.1) is 0 Å². The van der Waals surface area contributed by atoms with Crippen molar-refractivity contribution in [2.75, 3.05) is 0 Å². The van der Waals surface area contributed by atoms with Gasteiger partial charge >= 0.3 is 0 Å². The van der Waals surface area contributed by atoms with E-state index < -0.39 is 0 Å². The Morgan fingerprint density at radius 2 is 1.80 bits per heavy atom. The van der Waals surface area contributed by atoms with E-state index in [-0.39, 0.29) is 5.78 Å². The zero-order valence-corrected chi connectivity index (χ0v) is 12.3. The molecular weight excluding hydrogens is 293 g/mol. The lowest BCUT2D eigenvalue weighted by Gasteiger charge is -2.05. The highest BCUT2D eigenvalue weighted by Gasteiger charge is 2.14. The number of fused-ring (bicyclic) bond motifs is 1. The zero-order valence-electron chi connectivity index (χ0n) is 10.7. The lowest BCUT2D eigenvalue weighted by molar-refractivity contribution is 0.0993. The second-order valence-corrected chi connectivity index (χ2v) is 5.75. The summed E-state index contributed by atoms with van der Waals surface area (Å²) in [5, 5.41) is 4.26. The van der Waals surface area contributed by atoms with Crippen molar-refractivity contribution in [3.63, 3.8) is 0 Å². The van der Waals surface area contributed by atoms with Gasteiger partial charge in [-0.2, -0.15) is 0 Å². The third-order valence-corrected chi connectivity index (χ3v) is 4.25. The van der Waals surface area contributed by atoms with E-state index >= 15 is 0 Å². The fourth-order valence-electron chi connectivity index (χ4n) is 2.41. The van der Waals surface area contributed by atoms with Gasteiger partial charge in [0.1, 0.15) is 0 Å². The maximum absolute atomic E-state index is 12.3. The summed E-state index contributed by atoms with van der Waals surface area (Å²) in [4.78, 5) is 12.3. The molecule has 4 heteroatoms. The van der Waals surface area contributed by atoms with Gasteiger partial charge in [-0.1, -0.05) is 41.4 Å². The molecule has 20 heavy (non-hydrogen) atoms. The number of hydrogen-bond acceptors (Lipinski definition) is 2. The van der Waals surface area contributed by atoms with E-state index in [1.54, 1.807) is 12.1 Å². The monoisotopic (exact) mass is 305 g/mol. The van der Waals surface area contributed by atoms with Crippen molar-refractivity contribution < 1.29 is 4.79 Å². The van der Waals surface area contributed by atoms with Crippen LogP contribution >= 0.6 is 23.2 Å². The fourth-order valence-corrected chi connectivity index (χ4v) is 2.73. The van der Waals surface area contributed by atoms with Crippen LogP contribution in [0.2, 0.25) is 10.0 Å². The molecule has 1 aliphatic heterocycles. The average Bonchev–Trinajstić information content (AvgIpc) is 2.90. The summed E-state index contributed by atoms with van der Waals surface area (Å²) in [6.07, 6.45) is 0.336. The first-order valence-corrected chi connectivity index (χ1v) is 7.19. The van der Waals surface area contributed by atoms with Crippen LogP contribution in [0.25, 0.3) is 0 Å². The molecule has 0 saturated heterocycles. The van der Waals surface area contributed by atoms with Crippen LogP contribution in [0.5, 0.6) is 0 Å². The summed E-state index contributed by atoms with van der Waals surface area (Å²) >= 11 is 11.8. The summed E-state index contributed by atoms with van der Waals surface area (Å²) in [5.41, 5.74) is 4.11. The average molecular weight is 306 g/mol. The van der Waals surface area contributed by atoms with Crippen molar-refractivity contribution in [1.29, 1.82) is 0 Å². The second-order valence-electron chi connectivity index (χ2n) is 4.94. The minimum absolute atomic E-state index is 0.0955. The minimum atomic E-state index is 0.0955. The number of nitrogens with one attached hydrogen (secondary N) is 1. The van der Waals surface area contributed by atoms with Gasteiger partial charge in [0.15, 0.2) is 5.78 Å². The number of carbonyl (C=O) groups is 1. The maximum atomic E-state index is 12.3. The molecule has 0 amide bonds. The first kappa shape index (κ1) is 13.6. The molecule has 1 N–H and O–H groups in total. The van der Waals surface area contributed by atoms with Crippen LogP contribution in [0.3, 0.4) is 0 Å². The van der Waals surface area contributed by atoms with E-state index in [9.17, 15) is 4.79 Å². The van der Waals surface area contributed by atoms with E-state index in [0.29, 0.717) is 16.5 Å². The van der Waals surface area contributed by atoms with Crippen LogP contribution in [0.1, 0.15) is 27.0 Å². The summed E-state index contributed by atoms with van der Waals surface area (Å²) in [6.45, 7) is 1.72. The van der Waals surface area contributed by atoms with E-state index in [4.69, 9.17) is 23.2 Å². The molecule has 0 bridgehead atoms. The minimum Gasteiger partial charge on any atom is -0.309 e. The zero-order chi connectivity index (χ0) is 14.1. The third-order valence-electron chi connectivity index (χ3n) is 3.51. The number of halogens is 2. The van der Waals surface area contributed by atoms with E-state index in [1.165, 1.54) is 11.1 Å². The number of benzene rings is 2. The van der Waals surface area contributed by atoms with Crippen LogP contribution in [-0.2, 0) is 19.5 Å². The molecule has 1 aliphatic rings. The quantitative estimate of drug-likeness (QED) is 0.868. The summed E-state index contributed by atoms with van der Waals surface area (Å²) < 4.78 is 0. The summed E-state index contributed by atoms with van der Waals surface area (Å²) in [7, 11) is 0. The van der Waals surface area contributed by atoms with E-state index in [1.807, 2.05) is 24.3 Å². The number of carbonyl (C=O) groups excluding carboxylic acids is 1. The molecule has 0 aromatic heterocycles. The van der Waals surface area contributed by atoms with Crippen LogP contribution in [0, 0.1) is 0 Å². The molecule has 0 fully saturated rings. The molecule has 0 atom stereocenters. The Hall–Kier alpha value is -1.35. The Kier molecular flexibility index (Phi) is 3.79. The van der Waals surface area contributed by atoms with E-state index in [0.717, 1.165) is 24.2 Å². The smallest absolute Gasteiger partial charge is 0.167 e. The standard InChI is InChI=1S/C16H13Cl2NO/c17-14-4-1-10(5-15(14)18)6-16(20)11-2-3-12-8-19-9-13(12)7-11/h1-5,7,19H,6,8-9H2. The highest BCUT2D eigenvalue weighted by Crippen LogP contribution is 2.24. The molecule has 3 rings (SSSR count). The van der Waals surface area contributed by atoms with Gasteiger partial charge in [-0.25, -0.2) is 0 Å². The van der Waals surface area contributed by atoms with Crippen molar-refractivity contribution in [2.45, 2.75) is 19.5 Å². The van der Waals surface area contributed by atoms with Crippen LogP contribution < -0.4 is 5.32 Å². The Morgan fingerprint density at radius 1 is 1.00 bits per heavy atom. The predicted molar refractivity (Wildman–Crippen MR) is 81.5 cm³/mol. The number of hydrogen-bond donors (Lipinski definition) is 1. The van der Waals surface area contributed by atoms with Gasteiger partial charge < -0.3 is 5.32 Å². The van der Waals surface area contributed by atoms with Crippen molar-refractivity contribution >= 4 is 29.0 Å². The molecule has 2 aromatic rings. The highest BCUT2D eigenvalue weighted by atomic mass is 35.5. The van der Waals surface area contributed by atoms with Crippen LogP contribution in [0.15, 0.2) is 36.4 Å². The SMILES string of the molecule is O=C(Cc1ccc(Cl)c(Cl)c1)c1ccc2c(c1)CNC2. The number of Topliss-reactive ketones (excluding diaryl/α,β-unsaturated/α-hetero) is 1. The second kappa shape index (κ2) is 5.57. The maximum Gasteiger partial charge on any atom is 0.167 e. The number of rotatable bonds is 3. The van der Waals surface area contributed by atoms with Crippen LogP contribution in [-0.4, -0.2) is 5.78 Å². The van der Waals surface area contributed by atoms with Gasteiger partial charge in [0.2, 0.25) is 0 Å². The Balaban J connectivity index is 1.80. The Labute approximate surface area is 127 Å². The molecule has 2 aromatic carbocycles. The van der Waals surface area contributed by atoms with Gasteiger partial charge in [0.25, 0.3) is 0 Å². The molecule has 0 unspecified atom stereocenters. The lowest BCUT2D eigenvalue weighted by atomic mass is 9.99. The molecule has 0 spiro atoms. The van der Waals surface area contributed by atoms with Crippen molar-refractivity contribution in [3.8, 4) is 0 Å². The molecular formula is C16H13Cl2NO. The largest absolute Gasteiger partial charge is 0.309 e. The van der Waals surface area contributed by atoms with Crippen molar-refractivity contribution in [1.82, 2.24) is 5.32 Å². The lowest BCUT2D eigenvalue weighted by Crippen LogP contribution is -2.04. The normalized spacial score (nSPS) is 13.3. The van der Waals surface area contributed by atoms with Gasteiger partial charge in [-0.3, -0.25) is 4.79 Å². The molecule has 0 saturated carbocycles. The van der Waals surface area contributed by atoms with Crippen molar-refractivity contribution in [2.24, 2.45) is 0 Å². The Morgan fingerprint density at radius 3 is 2.60 bits per heavy atom. The number of ketones is 1. The first-order chi connectivity index (χ1) is 9.63. The van der Waals surface area contributed by atoms with Gasteiger partial charge in [0, 0.05) is 25.1 Å². The fraction of sp³-hybridized carbons (Fsp3) is 0.188. The van der Waals surface area contributed by atoms with Crippen molar-refractivity contribution in [3.05, 3.63) is 68.7 Å². The molecule has 0 aliphatic carbocycles. The highest BCUT2D eigenvalue weighted by molar-refractivity contribution is 6.42. The molecule has 1 heterocycles. The van der Waals surface area contributed by atoms with E-state index in [2.05, 4.69) is 5.32 Å². The molecule has 0 radical (unpaired) electrons. The summed E-state index contributed by atoms with van der Waals surface area (Å²) in [5.74, 6) is 0.0955. The molecule has 102 valence electrons. The van der Waals surface area contributed by atoms with Crippen LogP contribution in [0.4, 0.5) is 0 Å². The topological polar surface area (TPSA) is 29.1 Å². The molecule has 2 nitrogen and oxygen atoms in total. The Bertz CT molecular complexity index is 682. The first-order valence-electron chi connectivity index (χ1n) is 6.43. The van der Waals surface area contributed by atoms with Gasteiger partial charge in [-0.05, 0) is 34.9 Å². The summed E-state index contributed by atoms with van der Waals surface area (Å²) in [6, 6.07) is 11.2. The van der Waals surface area contributed by atoms with Gasteiger partial charge in [0.05, 0.1) is 10.0 Å². The third kappa shape index (κ3) is 2.73.